The zero-order valence-corrected chi connectivity index (χ0v) is 12.3. The van der Waals surface area contributed by atoms with Crippen LogP contribution in [-0.4, -0.2) is 31.4 Å². The molecule has 1 rings (SSSR count). The third kappa shape index (κ3) is 4.06. The van der Waals surface area contributed by atoms with Crippen molar-refractivity contribution in [3.05, 3.63) is 29.6 Å². The van der Waals surface area contributed by atoms with Gasteiger partial charge in [-0.15, -0.1) is 0 Å². The minimum absolute atomic E-state index is 0. The van der Waals surface area contributed by atoms with Gasteiger partial charge < -0.3 is 21.8 Å². The predicted octanol–water partition coefficient (Wildman–Crippen LogP) is -2.50. The Labute approximate surface area is 114 Å². The summed E-state index contributed by atoms with van der Waals surface area (Å²) in [5.41, 5.74) is 0. The van der Waals surface area contributed by atoms with Gasteiger partial charge in [-0.2, -0.15) is 0 Å². The first-order chi connectivity index (χ1) is 5.84. The van der Waals surface area contributed by atoms with Crippen molar-refractivity contribution >= 4 is 36.6 Å². The topological polar surface area (TPSA) is 23.1 Å². The first kappa shape index (κ1) is 17.8. The van der Waals surface area contributed by atoms with Gasteiger partial charge in [-0.05, 0) is 19.6 Å². The van der Waals surface area contributed by atoms with Gasteiger partial charge in [0.2, 0.25) is 0 Å². The normalized spacial score (nSPS) is 10.3. The number of hydrogen-bond donors (Lipinski definition) is 0. The van der Waals surface area contributed by atoms with Crippen LogP contribution in [0.4, 0.5) is 13.2 Å². The number of hydrogen-bond acceptors (Lipinski definition) is 1. The first-order valence-corrected chi connectivity index (χ1v) is 6.59. The van der Waals surface area contributed by atoms with E-state index in [1.807, 2.05) is 0 Å². The predicted molar refractivity (Wildman–Crippen MR) is 49.2 cm³/mol. The smallest absolute Gasteiger partial charge is 1.00 e. The molecule has 0 aliphatic heterocycles. The van der Waals surface area contributed by atoms with Gasteiger partial charge in [0, 0.05) is 0 Å². The van der Waals surface area contributed by atoms with Crippen LogP contribution in [-0.2, 0) is 0 Å². The van der Waals surface area contributed by atoms with Gasteiger partial charge in [-0.25, -0.2) is 13.2 Å². The minimum atomic E-state index is -3.16. The van der Waals surface area contributed by atoms with E-state index in [9.17, 15) is 18.0 Å². The van der Waals surface area contributed by atoms with Gasteiger partial charge >= 0.3 is 23.1 Å². The molecule has 1 nitrogen and oxygen atoms in total. The van der Waals surface area contributed by atoms with E-state index in [2.05, 4.69) is 0 Å². The molecule has 0 radical (unpaired) electrons. The second kappa shape index (κ2) is 6.24. The van der Waals surface area contributed by atoms with Crippen molar-refractivity contribution in [2.75, 3.05) is 0 Å². The van der Waals surface area contributed by atoms with Crippen molar-refractivity contribution in [1.82, 2.24) is 0 Å². The van der Waals surface area contributed by atoms with E-state index in [0.717, 1.165) is 12.1 Å². The molecule has 0 N–H and O–H groups in total. The molecule has 0 atom stereocenters. The van der Waals surface area contributed by atoms with Gasteiger partial charge in [0.05, 0.1) is 0 Å². The standard InChI is InChI=1S/C8H8F3OSi.BrH.Mg/c1-13(2,12)6-4-3-5(9)7(10)8(6)11;;/h3-4H,1-2H3;1H;/q-1;;+2/p-1. The van der Waals surface area contributed by atoms with Crippen LogP contribution in [0.25, 0.3) is 0 Å². The first-order valence-electron chi connectivity index (χ1n) is 3.68. The fourth-order valence-corrected chi connectivity index (χ4v) is 2.11. The Morgan fingerprint density at radius 2 is 1.53 bits per heavy atom. The van der Waals surface area contributed by atoms with Crippen LogP contribution in [0.2, 0.25) is 13.1 Å². The monoisotopic (exact) mass is 308 g/mol. The second-order valence-electron chi connectivity index (χ2n) is 3.23. The summed E-state index contributed by atoms with van der Waals surface area (Å²) in [6.45, 7) is 2.64. The maximum absolute atomic E-state index is 13.0. The Morgan fingerprint density at radius 1 is 1.07 bits per heavy atom. The van der Waals surface area contributed by atoms with Crippen LogP contribution < -0.4 is 27.0 Å². The molecule has 0 aromatic heterocycles. The van der Waals surface area contributed by atoms with E-state index in [4.69, 9.17) is 0 Å². The van der Waals surface area contributed by atoms with Gasteiger partial charge in [0.15, 0.2) is 17.5 Å². The minimum Gasteiger partial charge on any atom is -1.00 e. The zero-order valence-electron chi connectivity index (χ0n) is 8.28. The maximum atomic E-state index is 13.0. The molecular weight excluding hydrogens is 301 g/mol. The molecule has 15 heavy (non-hydrogen) atoms. The summed E-state index contributed by atoms with van der Waals surface area (Å²) in [6, 6.07) is 1.80. The molecule has 0 aliphatic rings. The molecule has 0 saturated heterocycles. The van der Waals surface area contributed by atoms with Crippen molar-refractivity contribution in [3.8, 4) is 0 Å². The molecule has 0 fully saturated rings. The summed E-state index contributed by atoms with van der Waals surface area (Å²) in [5, 5.41) is -0.230. The van der Waals surface area contributed by atoms with Crippen LogP contribution in [0.3, 0.4) is 0 Å². The zero-order chi connectivity index (χ0) is 10.2. The molecule has 7 heteroatoms. The second-order valence-corrected chi connectivity index (χ2v) is 6.79. The van der Waals surface area contributed by atoms with E-state index in [-0.39, 0.29) is 45.2 Å². The number of benzene rings is 1. The van der Waals surface area contributed by atoms with Crippen molar-refractivity contribution in [1.29, 1.82) is 0 Å². The van der Waals surface area contributed by atoms with Crippen LogP contribution in [0.5, 0.6) is 0 Å². The molecule has 0 unspecified atom stereocenters. The van der Waals surface area contributed by atoms with E-state index >= 15 is 0 Å². The fourth-order valence-electron chi connectivity index (χ4n) is 0.991. The Hall–Kier alpha value is 0.433. The van der Waals surface area contributed by atoms with Crippen LogP contribution >= 0.6 is 0 Å². The van der Waals surface area contributed by atoms with Gasteiger partial charge in [-0.3, -0.25) is 0 Å². The van der Waals surface area contributed by atoms with E-state index < -0.39 is 25.8 Å². The largest absolute Gasteiger partial charge is 2.00 e. The molecule has 0 amide bonds. The summed E-state index contributed by atoms with van der Waals surface area (Å²) in [4.78, 5) is 11.4. The van der Waals surface area contributed by atoms with E-state index in [1.165, 1.54) is 13.1 Å². The molecular formula is C8H8BrF3MgOSi. The Kier molecular flexibility index (Phi) is 7.41. The van der Waals surface area contributed by atoms with Crippen LogP contribution in [0.1, 0.15) is 0 Å². The molecule has 1 aromatic carbocycles. The quantitative estimate of drug-likeness (QED) is 0.415. The van der Waals surface area contributed by atoms with Crippen molar-refractivity contribution in [2.45, 2.75) is 13.1 Å². The summed E-state index contributed by atoms with van der Waals surface area (Å²) in [7, 11) is -3.16. The molecule has 80 valence electrons. The Balaban J connectivity index is 0. The number of rotatable bonds is 1. The average molecular weight is 309 g/mol. The van der Waals surface area contributed by atoms with Gasteiger partial charge in [-0.1, -0.05) is 19.2 Å². The Bertz CT molecular complexity index is 343. The van der Waals surface area contributed by atoms with Crippen LogP contribution in [0, 0.1) is 17.5 Å². The summed E-state index contributed by atoms with van der Waals surface area (Å²) >= 11 is 0. The molecule has 1 aromatic rings. The average Bonchev–Trinajstić information content (AvgIpc) is 1.98. The SMILES string of the molecule is C[Si](C)([O-])c1ccc(F)c(F)c1F.[Br-].[Mg+2]. The third-order valence-electron chi connectivity index (χ3n) is 1.68. The molecule has 0 bridgehead atoms. The maximum Gasteiger partial charge on any atom is 2.00 e. The summed E-state index contributed by atoms with van der Waals surface area (Å²) in [6.07, 6.45) is 0. The van der Waals surface area contributed by atoms with Crippen LogP contribution in [0.15, 0.2) is 12.1 Å². The molecule has 0 saturated carbocycles. The molecule has 0 spiro atoms. The van der Waals surface area contributed by atoms with E-state index in [1.54, 1.807) is 0 Å². The molecule has 0 aliphatic carbocycles. The van der Waals surface area contributed by atoms with Crippen molar-refractivity contribution in [3.63, 3.8) is 0 Å². The van der Waals surface area contributed by atoms with Gasteiger partial charge in [0.25, 0.3) is 0 Å². The van der Waals surface area contributed by atoms with E-state index in [0.29, 0.717) is 0 Å². The molecule has 0 heterocycles. The Morgan fingerprint density at radius 3 is 1.93 bits per heavy atom. The van der Waals surface area contributed by atoms with Gasteiger partial charge in [0.1, 0.15) is 0 Å². The fraction of sp³-hybridized carbons (Fsp3) is 0.250. The summed E-state index contributed by atoms with van der Waals surface area (Å²) in [5.74, 6) is -4.17. The summed E-state index contributed by atoms with van der Waals surface area (Å²) < 4.78 is 38.1. The van der Waals surface area contributed by atoms with Crippen molar-refractivity contribution in [2.24, 2.45) is 0 Å². The number of halogens is 4. The third-order valence-corrected chi connectivity index (χ3v) is 3.37. The van der Waals surface area contributed by atoms with Crippen molar-refractivity contribution < 1.29 is 34.9 Å².